The molecule has 1 N–H and O–H groups in total. The molecule has 0 unspecified atom stereocenters. The largest absolute Gasteiger partial charge is 0.406 e. The molecule has 0 spiro atoms. The summed E-state index contributed by atoms with van der Waals surface area (Å²) < 4.78 is 38.7. The summed E-state index contributed by atoms with van der Waals surface area (Å²) >= 11 is 5.22. The summed E-state index contributed by atoms with van der Waals surface area (Å²) in [4.78, 5) is 1.13. The summed E-state index contributed by atoms with van der Waals surface area (Å²) in [6.45, 7) is 1.02. The second-order valence-corrected chi connectivity index (χ2v) is 5.83. The Bertz CT molecular complexity index is 671. The monoisotopic (exact) mass is 352 g/mol. The maximum absolute atomic E-state index is 12.9. The van der Waals surface area contributed by atoms with Crippen LogP contribution in [-0.2, 0) is 13.0 Å². The summed E-state index contributed by atoms with van der Waals surface area (Å²) in [5, 5.41) is 2.98. The molecule has 0 bridgehead atoms. The summed E-state index contributed by atoms with van der Waals surface area (Å²) in [6, 6.07) is 16.5. The van der Waals surface area contributed by atoms with Crippen LogP contribution in [0.1, 0.15) is 18.1 Å². The zero-order chi connectivity index (χ0) is 17.6. The molecule has 2 nitrogen and oxygen atoms in total. The number of aryl methyl sites for hydroxylation is 1. The molecule has 0 saturated heterocycles. The van der Waals surface area contributed by atoms with Crippen LogP contribution in [0.25, 0.3) is 0 Å². The molecule has 2 aromatic carbocycles. The van der Waals surface area contributed by atoms with Crippen LogP contribution in [0.2, 0.25) is 0 Å². The Morgan fingerprint density at radius 2 is 1.71 bits per heavy atom. The normalized spacial score (nSPS) is 11.2. The fraction of sp³-hybridized carbons (Fsp3) is 0.278. The Morgan fingerprint density at radius 1 is 1.04 bits per heavy atom. The average Bonchev–Trinajstić information content (AvgIpc) is 2.54. The van der Waals surface area contributed by atoms with Crippen LogP contribution in [0.4, 0.5) is 18.9 Å². The maximum atomic E-state index is 12.9. The van der Waals surface area contributed by atoms with Crippen LogP contribution in [-0.4, -0.2) is 22.7 Å². The number of nitrogens with one attached hydrogen (secondary N) is 1. The molecule has 0 fully saturated rings. The van der Waals surface area contributed by atoms with Crippen molar-refractivity contribution in [3.05, 3.63) is 65.7 Å². The van der Waals surface area contributed by atoms with E-state index in [0.29, 0.717) is 5.69 Å². The predicted molar refractivity (Wildman–Crippen MR) is 94.9 cm³/mol. The van der Waals surface area contributed by atoms with Crippen molar-refractivity contribution in [2.75, 3.05) is 11.9 Å². The van der Waals surface area contributed by atoms with Crippen LogP contribution in [0.5, 0.6) is 0 Å². The van der Waals surface area contributed by atoms with Gasteiger partial charge >= 0.3 is 6.18 Å². The second kappa shape index (κ2) is 8.15. The van der Waals surface area contributed by atoms with Crippen LogP contribution >= 0.6 is 12.2 Å². The van der Waals surface area contributed by atoms with E-state index >= 15 is 0 Å². The van der Waals surface area contributed by atoms with E-state index in [4.69, 9.17) is 12.2 Å². The molecule has 0 heterocycles. The molecule has 0 amide bonds. The minimum absolute atomic E-state index is 0.0597. The number of hydrogen-bond acceptors (Lipinski definition) is 1. The van der Waals surface area contributed by atoms with Crippen molar-refractivity contribution in [2.24, 2.45) is 0 Å². The summed E-state index contributed by atoms with van der Waals surface area (Å²) in [5.74, 6) is 0. The first-order valence-electron chi connectivity index (χ1n) is 7.63. The topological polar surface area (TPSA) is 15.3 Å². The van der Waals surface area contributed by atoms with Gasteiger partial charge in [-0.25, -0.2) is 0 Å². The number of rotatable bonds is 5. The van der Waals surface area contributed by atoms with E-state index in [9.17, 15) is 13.2 Å². The molecule has 0 saturated carbocycles. The minimum Gasteiger partial charge on any atom is -0.336 e. The van der Waals surface area contributed by atoms with Gasteiger partial charge in [0.2, 0.25) is 0 Å². The Labute approximate surface area is 145 Å². The SMILES string of the molecule is CCc1cccc(NC(=S)N(Cc2ccccc2)CC(F)(F)F)c1. The fourth-order valence-corrected chi connectivity index (χ4v) is 2.54. The van der Waals surface area contributed by atoms with E-state index in [-0.39, 0.29) is 11.7 Å². The molecule has 0 radical (unpaired) electrons. The first-order valence-corrected chi connectivity index (χ1v) is 8.04. The lowest BCUT2D eigenvalue weighted by Crippen LogP contribution is -2.40. The van der Waals surface area contributed by atoms with E-state index in [1.807, 2.05) is 31.2 Å². The first-order chi connectivity index (χ1) is 11.4. The number of alkyl halides is 3. The van der Waals surface area contributed by atoms with E-state index < -0.39 is 12.7 Å². The van der Waals surface area contributed by atoms with Crippen LogP contribution < -0.4 is 5.32 Å². The average molecular weight is 352 g/mol. The molecule has 24 heavy (non-hydrogen) atoms. The maximum Gasteiger partial charge on any atom is 0.406 e. The van der Waals surface area contributed by atoms with Gasteiger partial charge in [-0.2, -0.15) is 13.2 Å². The van der Waals surface area contributed by atoms with Crippen molar-refractivity contribution >= 4 is 23.0 Å². The Balaban J connectivity index is 2.14. The second-order valence-electron chi connectivity index (χ2n) is 5.44. The van der Waals surface area contributed by atoms with Gasteiger partial charge in [0.25, 0.3) is 0 Å². The minimum atomic E-state index is -4.33. The zero-order valence-corrected chi connectivity index (χ0v) is 14.1. The quantitative estimate of drug-likeness (QED) is 0.762. The first kappa shape index (κ1) is 18.3. The molecule has 6 heteroatoms. The lowest BCUT2D eigenvalue weighted by Gasteiger charge is -2.27. The third-order valence-corrected chi connectivity index (χ3v) is 3.82. The number of halogens is 3. The van der Waals surface area contributed by atoms with Gasteiger partial charge in [-0.3, -0.25) is 0 Å². The van der Waals surface area contributed by atoms with Crippen molar-refractivity contribution in [2.45, 2.75) is 26.1 Å². The molecule has 2 aromatic rings. The Hall–Kier alpha value is -2.08. The van der Waals surface area contributed by atoms with Crippen LogP contribution in [0, 0.1) is 0 Å². The van der Waals surface area contributed by atoms with Gasteiger partial charge in [-0.05, 0) is 41.9 Å². The molecule has 0 aliphatic carbocycles. The number of thiocarbonyl (C=S) groups is 1. The van der Waals surface area contributed by atoms with Gasteiger partial charge in [0.05, 0.1) is 0 Å². The number of benzene rings is 2. The van der Waals surface area contributed by atoms with Gasteiger partial charge in [-0.1, -0.05) is 49.4 Å². The van der Waals surface area contributed by atoms with Crippen LogP contribution in [0.15, 0.2) is 54.6 Å². The van der Waals surface area contributed by atoms with E-state index in [0.717, 1.165) is 22.4 Å². The molecule has 0 aromatic heterocycles. The van der Waals surface area contributed by atoms with Gasteiger partial charge in [0.1, 0.15) is 6.54 Å². The Kier molecular flexibility index (Phi) is 6.20. The van der Waals surface area contributed by atoms with Crippen molar-refractivity contribution in [3.63, 3.8) is 0 Å². The highest BCUT2D eigenvalue weighted by atomic mass is 32.1. The molecule has 0 atom stereocenters. The van der Waals surface area contributed by atoms with Gasteiger partial charge in [0.15, 0.2) is 5.11 Å². The smallest absolute Gasteiger partial charge is 0.336 e. The lowest BCUT2D eigenvalue weighted by atomic mass is 10.1. The fourth-order valence-electron chi connectivity index (χ4n) is 2.29. The van der Waals surface area contributed by atoms with E-state index in [2.05, 4.69) is 5.32 Å². The summed E-state index contributed by atoms with van der Waals surface area (Å²) in [7, 11) is 0. The number of anilines is 1. The molecule has 2 rings (SSSR count). The molecule has 128 valence electrons. The summed E-state index contributed by atoms with van der Waals surface area (Å²) in [5.41, 5.74) is 2.56. The van der Waals surface area contributed by atoms with Gasteiger partial charge in [-0.15, -0.1) is 0 Å². The highest BCUT2D eigenvalue weighted by Gasteiger charge is 2.32. The molecular formula is C18H19F3N2S. The van der Waals surface area contributed by atoms with Crippen molar-refractivity contribution in [1.82, 2.24) is 4.90 Å². The third kappa shape index (κ3) is 5.85. The van der Waals surface area contributed by atoms with Crippen molar-refractivity contribution in [1.29, 1.82) is 0 Å². The number of nitrogens with zero attached hydrogens (tertiary/aromatic N) is 1. The highest BCUT2D eigenvalue weighted by molar-refractivity contribution is 7.80. The Morgan fingerprint density at radius 3 is 2.33 bits per heavy atom. The molecule has 0 aliphatic rings. The standard InChI is InChI=1S/C18H19F3N2S/c1-2-14-9-6-10-16(11-14)22-17(24)23(13-18(19,20)21)12-15-7-4-3-5-8-15/h3-11H,2,12-13H2,1H3,(H,22,24). The zero-order valence-electron chi connectivity index (χ0n) is 13.3. The molecule has 0 aliphatic heterocycles. The highest BCUT2D eigenvalue weighted by Crippen LogP contribution is 2.20. The lowest BCUT2D eigenvalue weighted by molar-refractivity contribution is -0.138. The van der Waals surface area contributed by atoms with E-state index in [1.54, 1.807) is 30.3 Å². The number of hydrogen-bond donors (Lipinski definition) is 1. The van der Waals surface area contributed by atoms with Crippen LogP contribution in [0.3, 0.4) is 0 Å². The van der Waals surface area contributed by atoms with E-state index in [1.165, 1.54) is 0 Å². The predicted octanol–water partition coefficient (Wildman–Crippen LogP) is 5.01. The summed E-state index contributed by atoms with van der Waals surface area (Å²) in [6.07, 6.45) is -3.48. The third-order valence-electron chi connectivity index (χ3n) is 3.46. The molecular weight excluding hydrogens is 333 g/mol. The van der Waals surface area contributed by atoms with Crippen molar-refractivity contribution < 1.29 is 13.2 Å². The van der Waals surface area contributed by atoms with Gasteiger partial charge in [0, 0.05) is 12.2 Å². The van der Waals surface area contributed by atoms with Gasteiger partial charge < -0.3 is 10.2 Å². The van der Waals surface area contributed by atoms with Crippen molar-refractivity contribution in [3.8, 4) is 0 Å².